The zero-order chi connectivity index (χ0) is 13.8. The Labute approximate surface area is 106 Å². The molecule has 0 aliphatic carbocycles. The molecule has 0 bridgehead atoms. The molecular formula is C12H17F2NO2S. The third-order valence-corrected chi connectivity index (χ3v) is 4.06. The molecule has 0 N–H and O–H groups in total. The van der Waals surface area contributed by atoms with Gasteiger partial charge >= 0.3 is 0 Å². The molecule has 3 nitrogen and oxygen atoms in total. The van der Waals surface area contributed by atoms with Crippen molar-refractivity contribution in [2.45, 2.75) is 31.6 Å². The van der Waals surface area contributed by atoms with Crippen LogP contribution in [0.25, 0.3) is 0 Å². The topological polar surface area (TPSA) is 37.4 Å². The number of hydrogen-bond donors (Lipinski definition) is 0. The lowest BCUT2D eigenvalue weighted by Crippen LogP contribution is -2.24. The molecule has 0 heterocycles. The Morgan fingerprint density at radius 2 is 1.78 bits per heavy atom. The van der Waals surface area contributed by atoms with Gasteiger partial charge in [0.15, 0.2) is 0 Å². The van der Waals surface area contributed by atoms with E-state index in [2.05, 4.69) is 0 Å². The lowest BCUT2D eigenvalue weighted by atomic mass is 10.1. The standard InChI is InChI=1S/C12H17F2NO2S/c1-10(2)4-3-9-15(14)18(16,17)12-7-5-11(13)6-8-12/h5-8,10H,3-4,9H2,1-2H3. The number of hydrogen-bond acceptors (Lipinski definition) is 2. The molecule has 0 aliphatic rings. The molecule has 0 spiro atoms. The first-order chi connectivity index (χ1) is 8.34. The molecular weight excluding hydrogens is 260 g/mol. The van der Waals surface area contributed by atoms with Gasteiger partial charge in [-0.3, -0.25) is 0 Å². The van der Waals surface area contributed by atoms with Gasteiger partial charge < -0.3 is 0 Å². The summed E-state index contributed by atoms with van der Waals surface area (Å²) in [6.45, 7) is 3.78. The number of nitrogens with zero attached hydrogens (tertiary/aromatic N) is 1. The van der Waals surface area contributed by atoms with Crippen LogP contribution in [0.5, 0.6) is 0 Å². The first-order valence-corrected chi connectivity index (χ1v) is 7.22. The van der Waals surface area contributed by atoms with Crippen molar-refractivity contribution < 1.29 is 17.3 Å². The summed E-state index contributed by atoms with van der Waals surface area (Å²) in [7, 11) is -4.15. The van der Waals surface area contributed by atoms with E-state index in [0.29, 0.717) is 12.3 Å². The predicted molar refractivity (Wildman–Crippen MR) is 65.5 cm³/mol. The van der Waals surface area contributed by atoms with Crippen molar-refractivity contribution in [1.29, 1.82) is 0 Å². The zero-order valence-electron chi connectivity index (χ0n) is 10.4. The first-order valence-electron chi connectivity index (χ1n) is 5.78. The summed E-state index contributed by atoms with van der Waals surface area (Å²) in [5.41, 5.74) is 0. The van der Waals surface area contributed by atoms with Crippen LogP contribution in [0.3, 0.4) is 0 Å². The van der Waals surface area contributed by atoms with Crippen molar-refractivity contribution >= 4 is 10.0 Å². The SMILES string of the molecule is CC(C)CCCN(F)S(=O)(=O)c1ccc(F)cc1. The third-order valence-electron chi connectivity index (χ3n) is 2.49. The molecule has 0 saturated heterocycles. The van der Waals surface area contributed by atoms with Crippen LogP contribution >= 0.6 is 0 Å². The fourth-order valence-electron chi connectivity index (χ4n) is 1.46. The molecule has 0 amide bonds. The van der Waals surface area contributed by atoms with E-state index in [1.165, 1.54) is 0 Å². The minimum atomic E-state index is -4.15. The summed E-state index contributed by atoms with van der Waals surface area (Å²) < 4.78 is 49.6. The molecule has 102 valence electrons. The van der Waals surface area contributed by atoms with Crippen molar-refractivity contribution in [3.05, 3.63) is 30.1 Å². The summed E-state index contributed by atoms with van der Waals surface area (Å²) in [5.74, 6) is -0.161. The molecule has 1 rings (SSSR count). The minimum absolute atomic E-state index is 0.178. The summed E-state index contributed by atoms with van der Waals surface area (Å²) in [5, 5.41) is 0. The zero-order valence-corrected chi connectivity index (χ0v) is 11.3. The Morgan fingerprint density at radius 1 is 1.22 bits per heavy atom. The molecule has 0 fully saturated rings. The Balaban J connectivity index is 2.71. The maximum absolute atomic E-state index is 13.6. The summed E-state index contributed by atoms with van der Waals surface area (Å²) in [4.78, 5) is -0.240. The molecule has 0 atom stereocenters. The van der Waals surface area contributed by atoms with E-state index in [0.717, 1.165) is 30.7 Å². The highest BCUT2D eigenvalue weighted by molar-refractivity contribution is 7.89. The Hall–Kier alpha value is -1.01. The molecule has 0 aliphatic heterocycles. The monoisotopic (exact) mass is 277 g/mol. The van der Waals surface area contributed by atoms with Crippen molar-refractivity contribution in [3.8, 4) is 0 Å². The Kier molecular flexibility index (Phi) is 5.22. The number of benzene rings is 1. The predicted octanol–water partition coefficient (Wildman–Crippen LogP) is 3.14. The van der Waals surface area contributed by atoms with Gasteiger partial charge in [-0.25, -0.2) is 12.8 Å². The maximum atomic E-state index is 13.6. The van der Waals surface area contributed by atoms with Gasteiger partial charge in [0.25, 0.3) is 10.0 Å². The van der Waals surface area contributed by atoms with Crippen LogP contribution in [-0.4, -0.2) is 19.5 Å². The van der Waals surface area contributed by atoms with Gasteiger partial charge in [-0.2, -0.15) is 0 Å². The van der Waals surface area contributed by atoms with Crippen LogP contribution in [0.2, 0.25) is 0 Å². The van der Waals surface area contributed by atoms with Gasteiger partial charge in [-0.05, 0) is 47.6 Å². The van der Waals surface area contributed by atoms with E-state index in [1.807, 2.05) is 13.8 Å². The van der Waals surface area contributed by atoms with Crippen LogP contribution in [0, 0.1) is 11.7 Å². The molecule has 1 aromatic rings. The smallest absolute Gasteiger partial charge is 0.207 e. The highest BCUT2D eigenvalue weighted by atomic mass is 32.2. The molecule has 0 radical (unpaired) electrons. The largest absolute Gasteiger partial charge is 0.269 e. The van der Waals surface area contributed by atoms with Crippen molar-refractivity contribution in [1.82, 2.24) is 4.53 Å². The van der Waals surface area contributed by atoms with Gasteiger partial charge in [-0.15, -0.1) is 4.48 Å². The van der Waals surface area contributed by atoms with E-state index in [9.17, 15) is 17.3 Å². The van der Waals surface area contributed by atoms with Crippen LogP contribution in [0.1, 0.15) is 26.7 Å². The van der Waals surface area contributed by atoms with Crippen molar-refractivity contribution in [2.24, 2.45) is 5.92 Å². The Bertz CT molecular complexity index is 471. The van der Waals surface area contributed by atoms with Crippen molar-refractivity contribution in [2.75, 3.05) is 6.54 Å². The van der Waals surface area contributed by atoms with Crippen molar-refractivity contribution in [3.63, 3.8) is 0 Å². The Morgan fingerprint density at radius 3 is 2.28 bits per heavy atom. The number of sulfonamides is 1. The molecule has 18 heavy (non-hydrogen) atoms. The van der Waals surface area contributed by atoms with Gasteiger partial charge in [0.2, 0.25) is 0 Å². The quantitative estimate of drug-likeness (QED) is 0.749. The highest BCUT2D eigenvalue weighted by Gasteiger charge is 2.24. The van der Waals surface area contributed by atoms with E-state index in [1.54, 1.807) is 0 Å². The second-order valence-corrected chi connectivity index (χ2v) is 6.32. The van der Waals surface area contributed by atoms with E-state index in [4.69, 9.17) is 0 Å². The summed E-state index contributed by atoms with van der Waals surface area (Å²) >= 11 is 0. The highest BCUT2D eigenvalue weighted by Crippen LogP contribution is 2.17. The van der Waals surface area contributed by atoms with Crippen LogP contribution in [0.15, 0.2) is 29.2 Å². The van der Waals surface area contributed by atoms with Crippen LogP contribution in [0.4, 0.5) is 8.87 Å². The lowest BCUT2D eigenvalue weighted by molar-refractivity contribution is 0.134. The first kappa shape index (κ1) is 15.0. The number of halogens is 2. The average Bonchev–Trinajstić information content (AvgIpc) is 2.28. The minimum Gasteiger partial charge on any atom is -0.207 e. The third kappa shape index (κ3) is 4.03. The summed E-state index contributed by atoms with van der Waals surface area (Å²) in [6, 6.07) is 4.10. The van der Waals surface area contributed by atoms with Gasteiger partial charge in [0, 0.05) is 6.54 Å². The second-order valence-electron chi connectivity index (χ2n) is 4.51. The fraction of sp³-hybridized carbons (Fsp3) is 0.500. The summed E-state index contributed by atoms with van der Waals surface area (Å²) in [6.07, 6.45) is 1.20. The van der Waals surface area contributed by atoms with E-state index < -0.39 is 15.8 Å². The molecule has 6 heteroatoms. The normalized spacial score (nSPS) is 12.3. The van der Waals surface area contributed by atoms with Crippen LogP contribution < -0.4 is 0 Å². The van der Waals surface area contributed by atoms with Gasteiger partial charge in [0.1, 0.15) is 5.82 Å². The molecule has 1 aromatic carbocycles. The average molecular weight is 277 g/mol. The van der Waals surface area contributed by atoms with Crippen LogP contribution in [-0.2, 0) is 10.0 Å². The fourth-order valence-corrected chi connectivity index (χ4v) is 2.54. The van der Waals surface area contributed by atoms with Gasteiger partial charge in [0.05, 0.1) is 4.90 Å². The lowest BCUT2D eigenvalue weighted by Gasteiger charge is -2.13. The second kappa shape index (κ2) is 6.24. The molecule has 0 aromatic heterocycles. The van der Waals surface area contributed by atoms with E-state index >= 15 is 0 Å². The molecule has 0 saturated carbocycles. The number of rotatable bonds is 6. The van der Waals surface area contributed by atoms with Gasteiger partial charge in [-0.1, -0.05) is 13.8 Å². The maximum Gasteiger partial charge on any atom is 0.269 e. The van der Waals surface area contributed by atoms with E-state index in [-0.39, 0.29) is 16.0 Å². The molecule has 0 unspecified atom stereocenters.